The Morgan fingerprint density at radius 3 is 2.50 bits per heavy atom. The molecule has 0 bridgehead atoms. The molecule has 1 amide bonds. The number of hydrogen-bond donors (Lipinski definition) is 2. The molecular formula is C15H21NO4. The van der Waals surface area contributed by atoms with E-state index in [-0.39, 0.29) is 11.8 Å². The molecule has 1 aromatic carbocycles. The van der Waals surface area contributed by atoms with Gasteiger partial charge in [-0.2, -0.15) is 0 Å². The quantitative estimate of drug-likeness (QED) is 0.714. The Kier molecular flexibility index (Phi) is 6.73. The summed E-state index contributed by atoms with van der Waals surface area (Å²) in [5.41, 5.74) is 1.61. The third kappa shape index (κ3) is 5.40. The van der Waals surface area contributed by atoms with Gasteiger partial charge < -0.3 is 15.2 Å². The molecule has 1 aromatic rings. The summed E-state index contributed by atoms with van der Waals surface area (Å²) in [6.45, 7) is 2.67. The molecule has 0 saturated heterocycles. The topological polar surface area (TPSA) is 75.6 Å². The normalized spacial score (nSPS) is 11.9. The molecule has 0 aliphatic rings. The molecule has 1 unspecified atom stereocenters. The van der Waals surface area contributed by atoms with Gasteiger partial charge in [-0.15, -0.1) is 0 Å². The van der Waals surface area contributed by atoms with Crippen molar-refractivity contribution in [3.63, 3.8) is 0 Å². The number of benzene rings is 1. The number of rotatable bonds is 8. The average Bonchev–Trinajstić information content (AvgIpc) is 2.44. The fourth-order valence-electron chi connectivity index (χ4n) is 1.75. The number of ether oxygens (including phenoxy) is 1. The Labute approximate surface area is 118 Å². The lowest BCUT2D eigenvalue weighted by molar-refractivity contribution is -0.141. The van der Waals surface area contributed by atoms with Crippen LogP contribution in [0.3, 0.4) is 0 Å². The SMILES string of the molecule is COCc1ccc(C(=O)NCCCC(C)C(=O)O)cc1. The zero-order valence-corrected chi connectivity index (χ0v) is 11.9. The molecule has 0 saturated carbocycles. The Morgan fingerprint density at radius 1 is 1.30 bits per heavy atom. The second-order valence-corrected chi connectivity index (χ2v) is 4.77. The van der Waals surface area contributed by atoms with Crippen LogP contribution in [0.2, 0.25) is 0 Å². The zero-order valence-electron chi connectivity index (χ0n) is 11.9. The lowest BCUT2D eigenvalue weighted by Crippen LogP contribution is -2.25. The van der Waals surface area contributed by atoms with E-state index in [2.05, 4.69) is 5.32 Å². The Hall–Kier alpha value is -1.88. The van der Waals surface area contributed by atoms with Gasteiger partial charge in [-0.05, 0) is 30.5 Å². The number of methoxy groups -OCH3 is 1. The van der Waals surface area contributed by atoms with Crippen molar-refractivity contribution in [2.45, 2.75) is 26.4 Å². The van der Waals surface area contributed by atoms with Gasteiger partial charge in [-0.25, -0.2) is 0 Å². The maximum absolute atomic E-state index is 11.8. The second-order valence-electron chi connectivity index (χ2n) is 4.77. The van der Waals surface area contributed by atoms with Crippen molar-refractivity contribution in [1.82, 2.24) is 5.32 Å². The largest absolute Gasteiger partial charge is 0.481 e. The molecule has 0 aliphatic carbocycles. The predicted molar refractivity (Wildman–Crippen MR) is 75.5 cm³/mol. The van der Waals surface area contributed by atoms with Crippen molar-refractivity contribution in [3.05, 3.63) is 35.4 Å². The summed E-state index contributed by atoms with van der Waals surface area (Å²) in [6.07, 6.45) is 1.21. The van der Waals surface area contributed by atoms with Crippen LogP contribution in [0.15, 0.2) is 24.3 Å². The van der Waals surface area contributed by atoms with E-state index in [1.807, 2.05) is 12.1 Å². The van der Waals surface area contributed by atoms with Crippen molar-refractivity contribution >= 4 is 11.9 Å². The van der Waals surface area contributed by atoms with E-state index in [1.165, 1.54) is 0 Å². The number of carbonyl (C=O) groups excluding carboxylic acids is 1. The van der Waals surface area contributed by atoms with E-state index >= 15 is 0 Å². The fourth-order valence-corrected chi connectivity index (χ4v) is 1.75. The molecule has 2 N–H and O–H groups in total. The summed E-state index contributed by atoms with van der Waals surface area (Å²) >= 11 is 0. The molecule has 5 heteroatoms. The summed E-state index contributed by atoms with van der Waals surface area (Å²) < 4.78 is 5.00. The lowest BCUT2D eigenvalue weighted by Gasteiger charge is -2.08. The van der Waals surface area contributed by atoms with Crippen LogP contribution in [0, 0.1) is 5.92 Å². The zero-order chi connectivity index (χ0) is 15.0. The van der Waals surface area contributed by atoms with Gasteiger partial charge in [0, 0.05) is 19.2 Å². The summed E-state index contributed by atoms with van der Waals surface area (Å²) in [5.74, 6) is -1.32. The molecule has 110 valence electrons. The van der Waals surface area contributed by atoms with Gasteiger partial charge in [0.05, 0.1) is 12.5 Å². The molecular weight excluding hydrogens is 258 g/mol. The molecule has 20 heavy (non-hydrogen) atoms. The second kappa shape index (κ2) is 8.32. The van der Waals surface area contributed by atoms with Crippen LogP contribution in [0.4, 0.5) is 0 Å². The highest BCUT2D eigenvalue weighted by atomic mass is 16.5. The molecule has 1 rings (SSSR count). The molecule has 0 radical (unpaired) electrons. The molecule has 0 aromatic heterocycles. The van der Waals surface area contributed by atoms with Crippen molar-refractivity contribution in [2.75, 3.05) is 13.7 Å². The van der Waals surface area contributed by atoms with Crippen LogP contribution in [0.25, 0.3) is 0 Å². The van der Waals surface area contributed by atoms with Gasteiger partial charge in [-0.1, -0.05) is 19.1 Å². The molecule has 5 nitrogen and oxygen atoms in total. The van der Waals surface area contributed by atoms with Crippen molar-refractivity contribution in [1.29, 1.82) is 0 Å². The molecule has 1 atom stereocenters. The number of carboxylic acids is 1. The van der Waals surface area contributed by atoms with Crippen LogP contribution in [-0.4, -0.2) is 30.6 Å². The first-order valence-corrected chi connectivity index (χ1v) is 6.63. The summed E-state index contributed by atoms with van der Waals surface area (Å²) in [6, 6.07) is 7.21. The first-order chi connectivity index (χ1) is 9.54. The van der Waals surface area contributed by atoms with E-state index in [0.29, 0.717) is 31.6 Å². The van der Waals surface area contributed by atoms with Crippen LogP contribution >= 0.6 is 0 Å². The van der Waals surface area contributed by atoms with Crippen LogP contribution in [-0.2, 0) is 16.1 Å². The Balaban J connectivity index is 2.33. The van der Waals surface area contributed by atoms with Crippen LogP contribution < -0.4 is 5.32 Å². The number of aliphatic carboxylic acids is 1. The Morgan fingerprint density at radius 2 is 1.95 bits per heavy atom. The molecule has 0 fully saturated rings. The minimum Gasteiger partial charge on any atom is -0.481 e. The number of nitrogens with one attached hydrogen (secondary N) is 1. The maximum Gasteiger partial charge on any atom is 0.306 e. The lowest BCUT2D eigenvalue weighted by atomic mass is 10.1. The molecule has 0 spiro atoms. The number of carbonyl (C=O) groups is 2. The van der Waals surface area contributed by atoms with E-state index in [0.717, 1.165) is 5.56 Å². The number of amides is 1. The highest BCUT2D eigenvalue weighted by Crippen LogP contribution is 2.07. The standard InChI is InChI=1S/C15H21NO4/c1-11(15(18)19)4-3-9-16-14(17)13-7-5-12(6-8-13)10-20-2/h5-8,11H,3-4,9-10H2,1-2H3,(H,16,17)(H,18,19). The summed E-state index contributed by atoms with van der Waals surface area (Å²) in [4.78, 5) is 22.5. The van der Waals surface area contributed by atoms with E-state index in [4.69, 9.17) is 9.84 Å². The first kappa shape index (κ1) is 16.2. The summed E-state index contributed by atoms with van der Waals surface area (Å²) in [7, 11) is 1.62. The summed E-state index contributed by atoms with van der Waals surface area (Å²) in [5, 5.41) is 11.5. The van der Waals surface area contributed by atoms with E-state index in [9.17, 15) is 9.59 Å². The van der Waals surface area contributed by atoms with Gasteiger partial charge in [0.2, 0.25) is 0 Å². The average molecular weight is 279 g/mol. The van der Waals surface area contributed by atoms with Crippen molar-refractivity contribution in [2.24, 2.45) is 5.92 Å². The number of hydrogen-bond acceptors (Lipinski definition) is 3. The van der Waals surface area contributed by atoms with Gasteiger partial charge in [0.1, 0.15) is 0 Å². The predicted octanol–water partition coefficient (Wildman–Crippen LogP) is 2.06. The van der Waals surface area contributed by atoms with Crippen molar-refractivity contribution < 1.29 is 19.4 Å². The van der Waals surface area contributed by atoms with Gasteiger partial charge in [-0.3, -0.25) is 9.59 Å². The van der Waals surface area contributed by atoms with Gasteiger partial charge in [0.15, 0.2) is 0 Å². The minimum absolute atomic E-state index is 0.142. The van der Waals surface area contributed by atoms with Crippen LogP contribution in [0.5, 0.6) is 0 Å². The van der Waals surface area contributed by atoms with Crippen LogP contribution in [0.1, 0.15) is 35.7 Å². The molecule has 0 aliphatic heterocycles. The highest BCUT2D eigenvalue weighted by Gasteiger charge is 2.10. The fraction of sp³-hybridized carbons (Fsp3) is 0.467. The van der Waals surface area contributed by atoms with E-state index < -0.39 is 5.97 Å². The van der Waals surface area contributed by atoms with E-state index in [1.54, 1.807) is 26.2 Å². The van der Waals surface area contributed by atoms with Gasteiger partial charge in [0.25, 0.3) is 5.91 Å². The maximum atomic E-state index is 11.8. The first-order valence-electron chi connectivity index (χ1n) is 6.63. The smallest absolute Gasteiger partial charge is 0.306 e. The third-order valence-electron chi connectivity index (χ3n) is 3.05. The minimum atomic E-state index is -0.801. The molecule has 0 heterocycles. The Bertz CT molecular complexity index is 442. The highest BCUT2D eigenvalue weighted by molar-refractivity contribution is 5.94. The number of carboxylic acid groups (broad SMARTS) is 1. The van der Waals surface area contributed by atoms with Crippen molar-refractivity contribution in [3.8, 4) is 0 Å². The third-order valence-corrected chi connectivity index (χ3v) is 3.05. The monoisotopic (exact) mass is 279 g/mol. The van der Waals surface area contributed by atoms with Gasteiger partial charge >= 0.3 is 5.97 Å².